The predicted octanol–water partition coefficient (Wildman–Crippen LogP) is 2.29. The number of rotatable bonds is 16. The van der Waals surface area contributed by atoms with Crippen molar-refractivity contribution >= 4 is 86.2 Å². The molecule has 1 heterocycles. The molecule has 0 spiro atoms. The standard InChI is InChI=1S/C25H28N8O14S4/c1-46-19-13-18(33-32-14-10-16-15(22(11-14)51(43,44)45)4-3-5-21(16)50(40,41)42)20(47-2)12-17(19)28-25-30-23(26-6-8-48(34,35)36)29-24(31-25)27-7-9-49(37,38)39/h3-5,10-13H,6-9H2,1-2H3,(H,34,35,36)(H,37,38,39)(H,40,41,42)(H,43,44,45)(H3,26,27,28,29,30,31). The van der Waals surface area contributed by atoms with Crippen molar-refractivity contribution < 1.29 is 61.4 Å². The van der Waals surface area contributed by atoms with Gasteiger partial charge in [-0.2, -0.15) is 53.7 Å². The summed E-state index contributed by atoms with van der Waals surface area (Å²) in [5.41, 5.74) is -0.112. The fourth-order valence-electron chi connectivity index (χ4n) is 4.27. The zero-order valence-electron chi connectivity index (χ0n) is 26.1. The highest BCUT2D eigenvalue weighted by Crippen LogP contribution is 2.40. The molecule has 26 heteroatoms. The average Bonchev–Trinajstić information content (AvgIpc) is 3.01. The Balaban J connectivity index is 1.73. The van der Waals surface area contributed by atoms with Gasteiger partial charge in [0, 0.05) is 36.0 Å². The van der Waals surface area contributed by atoms with Gasteiger partial charge in [-0.3, -0.25) is 18.2 Å². The molecule has 0 amide bonds. The van der Waals surface area contributed by atoms with Gasteiger partial charge in [0.25, 0.3) is 40.5 Å². The molecule has 1 aromatic heterocycles. The smallest absolute Gasteiger partial charge is 0.295 e. The van der Waals surface area contributed by atoms with Crippen LogP contribution in [0.4, 0.5) is 34.9 Å². The molecule has 0 saturated heterocycles. The van der Waals surface area contributed by atoms with Crippen LogP contribution in [0.15, 0.2) is 62.5 Å². The Morgan fingerprint density at radius 2 is 1.20 bits per heavy atom. The van der Waals surface area contributed by atoms with Crippen LogP contribution in [0.5, 0.6) is 11.5 Å². The van der Waals surface area contributed by atoms with Crippen molar-refractivity contribution in [3.8, 4) is 11.5 Å². The first kappa shape index (κ1) is 39.0. The molecule has 22 nitrogen and oxygen atoms in total. The van der Waals surface area contributed by atoms with E-state index in [0.717, 1.165) is 18.2 Å². The first-order valence-electron chi connectivity index (χ1n) is 13.8. The first-order valence-corrected chi connectivity index (χ1v) is 19.9. The summed E-state index contributed by atoms with van der Waals surface area (Å²) < 4.78 is 141. The van der Waals surface area contributed by atoms with E-state index in [9.17, 15) is 42.8 Å². The summed E-state index contributed by atoms with van der Waals surface area (Å²) in [6, 6.07) is 8.14. The number of nitrogens with zero attached hydrogens (tertiary/aromatic N) is 5. The SMILES string of the molecule is COc1cc(Nc2nc(NCCS(=O)(=O)O)nc(NCCS(=O)(=O)O)n2)c(OC)cc1N=Nc1cc(S(=O)(=O)O)c2cccc(S(=O)(=O)O)c2c1. The molecule has 0 fully saturated rings. The number of azo groups is 1. The first-order chi connectivity index (χ1) is 23.7. The van der Waals surface area contributed by atoms with Crippen molar-refractivity contribution in [3.63, 3.8) is 0 Å². The normalized spacial score (nSPS) is 12.6. The number of fused-ring (bicyclic) bond motifs is 1. The minimum atomic E-state index is -4.92. The van der Waals surface area contributed by atoms with Crippen LogP contribution in [0.2, 0.25) is 0 Å². The molecule has 0 unspecified atom stereocenters. The average molecular weight is 793 g/mol. The van der Waals surface area contributed by atoms with Gasteiger partial charge >= 0.3 is 0 Å². The zero-order valence-corrected chi connectivity index (χ0v) is 29.4. The van der Waals surface area contributed by atoms with Gasteiger partial charge in [0.1, 0.15) is 27.0 Å². The lowest BCUT2D eigenvalue weighted by atomic mass is 10.1. The van der Waals surface area contributed by atoms with E-state index in [4.69, 9.17) is 18.6 Å². The minimum absolute atomic E-state index is 0.00717. The number of hydrogen-bond acceptors (Lipinski definition) is 18. The Labute approximate surface area is 290 Å². The lowest BCUT2D eigenvalue weighted by molar-refractivity contribution is 0.405. The number of nitrogens with one attached hydrogen (secondary N) is 3. The van der Waals surface area contributed by atoms with E-state index in [-0.39, 0.29) is 70.3 Å². The summed E-state index contributed by atoms with van der Waals surface area (Å²) in [6.07, 6.45) is 0. The Morgan fingerprint density at radius 3 is 1.71 bits per heavy atom. The third-order valence-corrected chi connectivity index (χ3v) is 9.65. The van der Waals surface area contributed by atoms with Crippen LogP contribution >= 0.6 is 0 Å². The summed E-state index contributed by atoms with van der Waals surface area (Å²) >= 11 is 0. The van der Waals surface area contributed by atoms with Crippen LogP contribution in [0.25, 0.3) is 10.8 Å². The number of benzene rings is 3. The van der Waals surface area contributed by atoms with Gasteiger partial charge < -0.3 is 25.4 Å². The van der Waals surface area contributed by atoms with Crippen molar-refractivity contribution in [3.05, 3.63) is 42.5 Å². The molecule has 4 rings (SSSR count). The number of hydrogen-bond donors (Lipinski definition) is 7. The van der Waals surface area contributed by atoms with Gasteiger partial charge in [0.2, 0.25) is 17.8 Å². The van der Waals surface area contributed by atoms with Crippen molar-refractivity contribution in [1.82, 2.24) is 15.0 Å². The molecule has 51 heavy (non-hydrogen) atoms. The summed E-state index contributed by atoms with van der Waals surface area (Å²) in [4.78, 5) is 10.9. The number of anilines is 4. The largest absolute Gasteiger partial charge is 0.494 e. The Morgan fingerprint density at radius 1 is 0.647 bits per heavy atom. The van der Waals surface area contributed by atoms with E-state index in [1.165, 1.54) is 38.5 Å². The fraction of sp³-hybridized carbons (Fsp3) is 0.240. The van der Waals surface area contributed by atoms with Crippen LogP contribution in [0.1, 0.15) is 0 Å². The van der Waals surface area contributed by atoms with Crippen LogP contribution in [-0.2, 0) is 40.5 Å². The maximum atomic E-state index is 12.2. The Hall–Kier alpha value is -4.83. The Bertz CT molecular complexity index is 2390. The lowest BCUT2D eigenvalue weighted by Gasteiger charge is -2.15. The van der Waals surface area contributed by atoms with Crippen LogP contribution < -0.4 is 25.4 Å². The molecule has 0 aliphatic rings. The van der Waals surface area contributed by atoms with Crippen molar-refractivity contribution in [2.24, 2.45) is 10.2 Å². The molecule has 4 aromatic rings. The number of aromatic nitrogens is 3. The zero-order chi connectivity index (χ0) is 37.8. The van der Waals surface area contributed by atoms with Gasteiger partial charge in [0.15, 0.2) is 0 Å². The van der Waals surface area contributed by atoms with Crippen LogP contribution in [-0.4, -0.2) is 106 Å². The van der Waals surface area contributed by atoms with Crippen LogP contribution in [0, 0.1) is 0 Å². The van der Waals surface area contributed by atoms with Crippen LogP contribution in [0.3, 0.4) is 0 Å². The highest BCUT2D eigenvalue weighted by Gasteiger charge is 2.22. The van der Waals surface area contributed by atoms with Gasteiger partial charge in [-0.05, 0) is 18.2 Å². The Kier molecular flexibility index (Phi) is 11.6. The van der Waals surface area contributed by atoms with E-state index in [1.54, 1.807) is 0 Å². The van der Waals surface area contributed by atoms with E-state index in [2.05, 4.69) is 41.1 Å². The second-order valence-electron chi connectivity index (χ2n) is 10.0. The van der Waals surface area contributed by atoms with Crippen molar-refractivity contribution in [1.29, 1.82) is 0 Å². The van der Waals surface area contributed by atoms with Gasteiger partial charge in [-0.1, -0.05) is 12.1 Å². The second kappa shape index (κ2) is 15.2. The molecule has 0 saturated carbocycles. The lowest BCUT2D eigenvalue weighted by Crippen LogP contribution is -2.19. The van der Waals surface area contributed by atoms with Gasteiger partial charge in [0.05, 0.1) is 37.1 Å². The number of methoxy groups -OCH3 is 2. The molecule has 0 bridgehead atoms. The molecule has 0 aliphatic heterocycles. The van der Waals surface area contributed by atoms with Gasteiger partial charge in [-0.25, -0.2) is 0 Å². The molecular weight excluding hydrogens is 765 g/mol. The second-order valence-corrected chi connectivity index (χ2v) is 16.0. The molecule has 0 aliphatic carbocycles. The predicted molar refractivity (Wildman–Crippen MR) is 180 cm³/mol. The van der Waals surface area contributed by atoms with E-state index in [1.807, 2.05) is 0 Å². The van der Waals surface area contributed by atoms with Gasteiger partial charge in [-0.15, -0.1) is 5.11 Å². The maximum Gasteiger partial charge on any atom is 0.295 e. The summed E-state index contributed by atoms with van der Waals surface area (Å²) in [7, 11) is -15.9. The van der Waals surface area contributed by atoms with Crippen molar-refractivity contribution in [2.45, 2.75) is 9.79 Å². The molecule has 3 aromatic carbocycles. The summed E-state index contributed by atoms with van der Waals surface area (Å²) in [5, 5.41) is 15.5. The molecule has 0 radical (unpaired) electrons. The summed E-state index contributed by atoms with van der Waals surface area (Å²) in [5.74, 6) is -1.93. The van der Waals surface area contributed by atoms with Crippen molar-refractivity contribution in [2.75, 3.05) is 54.8 Å². The third kappa shape index (κ3) is 10.8. The molecule has 0 atom stereocenters. The van der Waals surface area contributed by atoms with E-state index < -0.39 is 61.8 Å². The van der Waals surface area contributed by atoms with E-state index in [0.29, 0.717) is 0 Å². The maximum absolute atomic E-state index is 12.2. The number of ether oxygens (including phenoxy) is 2. The highest BCUT2D eigenvalue weighted by molar-refractivity contribution is 7.86. The molecular formula is C25H28N8O14S4. The quantitative estimate of drug-likeness (QED) is 0.0632. The summed E-state index contributed by atoms with van der Waals surface area (Å²) in [6.45, 7) is -0.659. The monoisotopic (exact) mass is 792 g/mol. The molecule has 276 valence electrons. The van der Waals surface area contributed by atoms with E-state index >= 15 is 0 Å². The highest BCUT2D eigenvalue weighted by atomic mass is 32.2. The minimum Gasteiger partial charge on any atom is -0.494 e. The topological polar surface area (TPSA) is 335 Å². The third-order valence-electron chi connectivity index (χ3n) is 6.40. The fourth-order valence-corrected chi connectivity index (χ4v) is 6.41. The molecule has 7 N–H and O–H groups in total.